The van der Waals surface area contributed by atoms with E-state index in [-0.39, 0.29) is 0 Å². The third-order valence-corrected chi connectivity index (χ3v) is 7.10. The summed E-state index contributed by atoms with van der Waals surface area (Å²) in [6.45, 7) is 13.9. The van der Waals surface area contributed by atoms with E-state index in [2.05, 4.69) is 41.5 Å². The highest BCUT2D eigenvalue weighted by Gasteiger charge is 2.35. The lowest BCUT2D eigenvalue weighted by Gasteiger charge is -2.33. The second-order valence-electron chi connectivity index (χ2n) is 4.26. The molecule has 0 amide bonds. The van der Waals surface area contributed by atoms with Crippen molar-refractivity contribution >= 4 is 8.56 Å². The van der Waals surface area contributed by atoms with Crippen LogP contribution in [0.25, 0.3) is 0 Å². The third-order valence-electron chi connectivity index (χ3n) is 3.33. The molecular formula is C12H28O2Si. The van der Waals surface area contributed by atoms with Crippen molar-refractivity contribution in [1.82, 2.24) is 0 Å². The zero-order valence-corrected chi connectivity index (χ0v) is 12.3. The average molecular weight is 232 g/mol. The standard InChI is InChI=1S/C12H28O2Si/c1-7-11(5)12(6)14-15(9-3,10-4)13-8-2/h11-12H,7-10H2,1-6H3. The van der Waals surface area contributed by atoms with Crippen LogP contribution in [-0.4, -0.2) is 21.3 Å². The van der Waals surface area contributed by atoms with Gasteiger partial charge in [-0.3, -0.25) is 0 Å². The molecule has 0 saturated heterocycles. The second-order valence-corrected chi connectivity index (χ2v) is 8.02. The van der Waals surface area contributed by atoms with Crippen LogP contribution < -0.4 is 0 Å². The maximum atomic E-state index is 6.25. The first kappa shape index (κ1) is 15.1. The Bertz CT molecular complexity index is 158. The predicted octanol–water partition coefficient (Wildman–Crippen LogP) is 3.96. The Labute approximate surface area is 96.6 Å². The van der Waals surface area contributed by atoms with Gasteiger partial charge in [-0.25, -0.2) is 0 Å². The second kappa shape index (κ2) is 7.42. The van der Waals surface area contributed by atoms with E-state index in [1.807, 2.05) is 0 Å². The summed E-state index contributed by atoms with van der Waals surface area (Å²) < 4.78 is 12.2. The highest BCUT2D eigenvalue weighted by molar-refractivity contribution is 6.67. The summed E-state index contributed by atoms with van der Waals surface area (Å²) in [4.78, 5) is 0. The molecule has 0 aromatic heterocycles. The highest BCUT2D eigenvalue weighted by Crippen LogP contribution is 2.24. The average Bonchev–Trinajstić information content (AvgIpc) is 2.27. The molecule has 0 rings (SSSR count). The zero-order chi connectivity index (χ0) is 11.9. The van der Waals surface area contributed by atoms with Crippen LogP contribution in [0.3, 0.4) is 0 Å². The molecule has 92 valence electrons. The zero-order valence-electron chi connectivity index (χ0n) is 11.3. The summed E-state index contributed by atoms with van der Waals surface area (Å²) in [6.07, 6.45) is 1.50. The van der Waals surface area contributed by atoms with Crippen molar-refractivity contribution in [3.05, 3.63) is 0 Å². The SMILES string of the molecule is CCO[Si](CC)(CC)OC(C)C(C)CC. The minimum absolute atomic E-state index is 0.327. The monoisotopic (exact) mass is 232 g/mol. The van der Waals surface area contributed by atoms with Gasteiger partial charge in [0.2, 0.25) is 0 Å². The van der Waals surface area contributed by atoms with Crippen LogP contribution in [0.1, 0.15) is 48.0 Å². The van der Waals surface area contributed by atoms with E-state index >= 15 is 0 Å². The van der Waals surface area contributed by atoms with Crippen molar-refractivity contribution in [1.29, 1.82) is 0 Å². The van der Waals surface area contributed by atoms with Crippen LogP contribution >= 0.6 is 0 Å². The number of hydrogen-bond acceptors (Lipinski definition) is 2. The van der Waals surface area contributed by atoms with Gasteiger partial charge in [0.1, 0.15) is 0 Å². The molecule has 0 aliphatic carbocycles. The van der Waals surface area contributed by atoms with Crippen molar-refractivity contribution in [2.24, 2.45) is 5.92 Å². The molecule has 0 aliphatic heterocycles. The molecule has 0 aliphatic rings. The van der Waals surface area contributed by atoms with Gasteiger partial charge < -0.3 is 8.85 Å². The topological polar surface area (TPSA) is 18.5 Å². The van der Waals surface area contributed by atoms with Gasteiger partial charge in [0.05, 0.1) is 0 Å². The molecule has 0 saturated carbocycles. The quantitative estimate of drug-likeness (QED) is 0.590. The molecule has 0 heterocycles. The normalized spacial score (nSPS) is 16.4. The molecule has 0 bridgehead atoms. The van der Waals surface area contributed by atoms with Crippen molar-refractivity contribution in [3.8, 4) is 0 Å². The van der Waals surface area contributed by atoms with Crippen molar-refractivity contribution in [2.45, 2.75) is 66.2 Å². The molecule has 2 unspecified atom stereocenters. The Balaban J connectivity index is 4.38. The van der Waals surface area contributed by atoms with Gasteiger partial charge in [0.15, 0.2) is 0 Å². The number of hydrogen-bond donors (Lipinski definition) is 0. The van der Waals surface area contributed by atoms with Crippen molar-refractivity contribution in [3.63, 3.8) is 0 Å². The molecule has 3 heteroatoms. The van der Waals surface area contributed by atoms with E-state index < -0.39 is 8.56 Å². The summed E-state index contributed by atoms with van der Waals surface area (Å²) in [5, 5.41) is 0. The summed E-state index contributed by atoms with van der Waals surface area (Å²) in [6, 6.07) is 2.11. The van der Waals surface area contributed by atoms with Gasteiger partial charge in [-0.15, -0.1) is 0 Å². The van der Waals surface area contributed by atoms with Crippen LogP contribution in [0.5, 0.6) is 0 Å². The summed E-state index contributed by atoms with van der Waals surface area (Å²) in [5.41, 5.74) is 0. The van der Waals surface area contributed by atoms with Crippen molar-refractivity contribution < 1.29 is 8.85 Å². The maximum Gasteiger partial charge on any atom is 0.337 e. The van der Waals surface area contributed by atoms with Gasteiger partial charge in [0, 0.05) is 12.7 Å². The Kier molecular flexibility index (Phi) is 7.48. The molecule has 0 spiro atoms. The minimum atomic E-state index is -1.89. The van der Waals surface area contributed by atoms with Gasteiger partial charge in [0.25, 0.3) is 0 Å². The van der Waals surface area contributed by atoms with Gasteiger partial charge in [-0.2, -0.15) is 0 Å². The van der Waals surface area contributed by atoms with E-state index in [9.17, 15) is 0 Å². The Morgan fingerprint density at radius 1 is 1.00 bits per heavy atom. The molecular weight excluding hydrogens is 204 g/mol. The summed E-state index contributed by atoms with van der Waals surface area (Å²) in [7, 11) is -1.89. The largest absolute Gasteiger partial charge is 0.394 e. The Morgan fingerprint density at radius 2 is 1.53 bits per heavy atom. The molecule has 0 aromatic carbocycles. The Hall–Kier alpha value is 0.137. The number of rotatable bonds is 8. The highest BCUT2D eigenvalue weighted by atomic mass is 28.4. The summed E-state index contributed by atoms with van der Waals surface area (Å²) >= 11 is 0. The predicted molar refractivity (Wildman–Crippen MR) is 68.3 cm³/mol. The first-order chi connectivity index (χ1) is 7.05. The lowest BCUT2D eigenvalue weighted by molar-refractivity contribution is 0.0908. The third kappa shape index (κ3) is 4.66. The van der Waals surface area contributed by atoms with Crippen LogP contribution in [0.15, 0.2) is 0 Å². The van der Waals surface area contributed by atoms with E-state index in [0.717, 1.165) is 18.7 Å². The summed E-state index contributed by atoms with van der Waals surface area (Å²) in [5.74, 6) is 0.621. The lowest BCUT2D eigenvalue weighted by atomic mass is 10.0. The fourth-order valence-electron chi connectivity index (χ4n) is 1.70. The van der Waals surface area contributed by atoms with Crippen LogP contribution in [0, 0.1) is 5.92 Å². The van der Waals surface area contributed by atoms with Gasteiger partial charge in [-0.05, 0) is 31.9 Å². The Morgan fingerprint density at radius 3 is 1.87 bits per heavy atom. The lowest BCUT2D eigenvalue weighted by Crippen LogP contribution is -2.44. The fraction of sp³-hybridized carbons (Fsp3) is 1.00. The van der Waals surface area contributed by atoms with Crippen LogP contribution in [0.2, 0.25) is 12.1 Å². The molecule has 2 nitrogen and oxygen atoms in total. The molecule has 0 radical (unpaired) electrons. The van der Waals surface area contributed by atoms with Crippen LogP contribution in [-0.2, 0) is 8.85 Å². The molecule has 0 aromatic rings. The van der Waals surface area contributed by atoms with E-state index in [1.165, 1.54) is 6.42 Å². The van der Waals surface area contributed by atoms with E-state index in [0.29, 0.717) is 12.0 Å². The maximum absolute atomic E-state index is 6.25. The van der Waals surface area contributed by atoms with Gasteiger partial charge in [-0.1, -0.05) is 34.1 Å². The molecule has 0 fully saturated rings. The van der Waals surface area contributed by atoms with Crippen LogP contribution in [0.4, 0.5) is 0 Å². The fourth-order valence-corrected chi connectivity index (χ4v) is 4.45. The van der Waals surface area contributed by atoms with E-state index in [1.54, 1.807) is 0 Å². The molecule has 2 atom stereocenters. The minimum Gasteiger partial charge on any atom is -0.394 e. The smallest absolute Gasteiger partial charge is 0.337 e. The molecule has 0 N–H and O–H groups in total. The first-order valence-electron chi connectivity index (χ1n) is 6.36. The van der Waals surface area contributed by atoms with E-state index in [4.69, 9.17) is 8.85 Å². The van der Waals surface area contributed by atoms with Crippen molar-refractivity contribution in [2.75, 3.05) is 6.61 Å². The molecule has 15 heavy (non-hydrogen) atoms. The first-order valence-corrected chi connectivity index (χ1v) is 8.60. The van der Waals surface area contributed by atoms with Gasteiger partial charge >= 0.3 is 8.56 Å².